The molecule has 32 heavy (non-hydrogen) atoms. The zero-order chi connectivity index (χ0) is 22.5. The summed E-state index contributed by atoms with van der Waals surface area (Å²) in [4.78, 5) is 29.6. The van der Waals surface area contributed by atoms with Crippen molar-refractivity contribution < 1.29 is 16.1 Å². The third-order valence-electron chi connectivity index (χ3n) is 8.19. The number of ketones is 1. The SMILES string of the molecule is CC(=O)c1ccc2n1CCN(C)C21CCN(C(=O)c2ccc(C3(O)CCCC3)cc2)CC1.[HH]. The van der Waals surface area contributed by atoms with Crippen molar-refractivity contribution in [3.63, 3.8) is 0 Å². The summed E-state index contributed by atoms with van der Waals surface area (Å²) >= 11 is 0. The van der Waals surface area contributed by atoms with Crippen LogP contribution >= 0.6 is 0 Å². The minimum absolute atomic E-state index is 0. The van der Waals surface area contributed by atoms with Gasteiger partial charge in [0.2, 0.25) is 0 Å². The first kappa shape index (κ1) is 21.4. The Morgan fingerprint density at radius 2 is 1.56 bits per heavy atom. The highest BCUT2D eigenvalue weighted by Crippen LogP contribution is 2.42. The molecule has 3 aliphatic rings. The quantitative estimate of drug-likeness (QED) is 0.743. The molecule has 1 saturated heterocycles. The summed E-state index contributed by atoms with van der Waals surface area (Å²) < 4.78 is 2.19. The molecule has 1 N–H and O–H groups in total. The van der Waals surface area contributed by atoms with Crippen molar-refractivity contribution in [3.05, 3.63) is 58.9 Å². The van der Waals surface area contributed by atoms with Gasteiger partial charge < -0.3 is 14.6 Å². The van der Waals surface area contributed by atoms with Crippen molar-refractivity contribution in [3.8, 4) is 0 Å². The summed E-state index contributed by atoms with van der Waals surface area (Å²) in [6.45, 7) is 4.74. The number of hydrogen-bond acceptors (Lipinski definition) is 4. The lowest BCUT2D eigenvalue weighted by Gasteiger charge is -2.50. The molecule has 5 rings (SSSR count). The van der Waals surface area contributed by atoms with Crippen molar-refractivity contribution >= 4 is 11.7 Å². The zero-order valence-electron chi connectivity index (χ0n) is 19.1. The minimum atomic E-state index is -0.724. The first-order valence-electron chi connectivity index (χ1n) is 11.9. The van der Waals surface area contributed by atoms with Crippen molar-refractivity contribution in [2.75, 3.05) is 26.7 Å². The van der Waals surface area contributed by atoms with Crippen LogP contribution in [-0.2, 0) is 17.7 Å². The van der Waals surface area contributed by atoms with Crippen molar-refractivity contribution in [1.82, 2.24) is 14.4 Å². The normalized spacial score (nSPS) is 22.2. The number of likely N-dealkylation sites (tertiary alicyclic amines) is 1. The van der Waals surface area contributed by atoms with Gasteiger partial charge in [0.1, 0.15) is 0 Å². The molecule has 1 aromatic heterocycles. The Labute approximate surface area is 191 Å². The fourth-order valence-electron chi connectivity index (χ4n) is 6.15. The van der Waals surface area contributed by atoms with E-state index >= 15 is 0 Å². The number of fused-ring (bicyclic) bond motifs is 2. The van der Waals surface area contributed by atoms with Gasteiger partial charge in [-0.05, 0) is 62.6 Å². The van der Waals surface area contributed by atoms with E-state index in [1.165, 1.54) is 5.69 Å². The van der Waals surface area contributed by atoms with E-state index in [4.69, 9.17) is 0 Å². The Kier molecular flexibility index (Phi) is 5.25. The highest BCUT2D eigenvalue weighted by molar-refractivity contribution is 5.94. The number of amides is 1. The van der Waals surface area contributed by atoms with Crippen LogP contribution in [0.25, 0.3) is 0 Å². The van der Waals surface area contributed by atoms with Gasteiger partial charge in [-0.25, -0.2) is 0 Å². The van der Waals surface area contributed by atoms with E-state index in [-0.39, 0.29) is 18.7 Å². The van der Waals surface area contributed by atoms with Crippen LogP contribution in [0.15, 0.2) is 36.4 Å². The molecule has 3 heterocycles. The molecule has 0 bridgehead atoms. The van der Waals surface area contributed by atoms with Crippen LogP contribution in [0, 0.1) is 0 Å². The van der Waals surface area contributed by atoms with Gasteiger partial charge in [0.05, 0.1) is 16.8 Å². The molecule has 1 amide bonds. The van der Waals surface area contributed by atoms with Crippen LogP contribution in [-0.4, -0.2) is 57.8 Å². The molecule has 0 unspecified atom stereocenters. The number of aromatic nitrogens is 1. The molecule has 172 valence electrons. The largest absolute Gasteiger partial charge is 0.385 e. The molecule has 6 heteroatoms. The third-order valence-corrected chi connectivity index (χ3v) is 8.19. The van der Waals surface area contributed by atoms with Gasteiger partial charge in [0.25, 0.3) is 5.91 Å². The molecule has 2 aromatic rings. The lowest BCUT2D eigenvalue weighted by atomic mass is 9.81. The first-order valence-corrected chi connectivity index (χ1v) is 11.9. The van der Waals surface area contributed by atoms with Crippen LogP contribution in [0.3, 0.4) is 0 Å². The van der Waals surface area contributed by atoms with Crippen LogP contribution in [0.1, 0.15) is 79.0 Å². The highest BCUT2D eigenvalue weighted by atomic mass is 16.3. The standard InChI is InChI=1S/C26H33N3O3.H2/c1-19(30)22-9-10-23-25(27(2)17-18-29(22)23)13-15-28(16-14-25)24(31)20-5-7-21(8-6-20)26(32)11-3-4-12-26;/h5-10,32H,3-4,11-18H2,1-2H3;1H. The number of Topliss-reactive ketones (excluding diaryl/α,β-unsaturated/α-hetero) is 1. The second-order valence-electron chi connectivity index (χ2n) is 9.87. The van der Waals surface area contributed by atoms with Gasteiger partial charge in [-0.15, -0.1) is 0 Å². The van der Waals surface area contributed by atoms with E-state index in [0.717, 1.165) is 62.9 Å². The average Bonchev–Trinajstić information content (AvgIpc) is 3.44. The summed E-state index contributed by atoms with van der Waals surface area (Å²) in [5.74, 6) is 0.164. The van der Waals surface area contributed by atoms with Crippen LogP contribution < -0.4 is 0 Å². The van der Waals surface area contributed by atoms with Gasteiger partial charge in [-0.1, -0.05) is 25.0 Å². The number of carbonyl (C=O) groups excluding carboxylic acids is 2. The lowest BCUT2D eigenvalue weighted by molar-refractivity contribution is 0.0127. The van der Waals surface area contributed by atoms with Crippen molar-refractivity contribution in [2.24, 2.45) is 0 Å². The fraction of sp³-hybridized carbons (Fsp3) is 0.538. The topological polar surface area (TPSA) is 65.8 Å². The summed E-state index contributed by atoms with van der Waals surface area (Å²) in [6.07, 6.45) is 5.42. The van der Waals surface area contributed by atoms with E-state index < -0.39 is 5.60 Å². The predicted octanol–water partition coefficient (Wildman–Crippen LogP) is 3.78. The molecular formula is C26H35N3O3. The van der Waals surface area contributed by atoms with Gasteiger partial charge in [-0.3, -0.25) is 14.5 Å². The van der Waals surface area contributed by atoms with E-state index in [0.29, 0.717) is 18.7 Å². The van der Waals surface area contributed by atoms with Crippen LogP contribution in [0.4, 0.5) is 0 Å². The van der Waals surface area contributed by atoms with Crippen LogP contribution in [0.5, 0.6) is 0 Å². The van der Waals surface area contributed by atoms with Crippen molar-refractivity contribution in [2.45, 2.75) is 63.1 Å². The van der Waals surface area contributed by atoms with Gasteiger partial charge in [0.15, 0.2) is 5.78 Å². The number of hydrogen-bond donors (Lipinski definition) is 1. The number of rotatable bonds is 3. The maximum atomic E-state index is 13.2. The summed E-state index contributed by atoms with van der Waals surface area (Å²) in [5, 5.41) is 10.8. The minimum Gasteiger partial charge on any atom is -0.385 e. The maximum absolute atomic E-state index is 13.2. The van der Waals surface area contributed by atoms with Gasteiger partial charge in [-0.2, -0.15) is 0 Å². The highest BCUT2D eigenvalue weighted by Gasteiger charge is 2.45. The number of aliphatic hydroxyl groups is 1. The average molecular weight is 438 g/mol. The smallest absolute Gasteiger partial charge is 0.253 e. The second kappa shape index (κ2) is 7.85. The number of nitrogens with zero attached hydrogens (tertiary/aromatic N) is 3. The van der Waals surface area contributed by atoms with Crippen LogP contribution in [0.2, 0.25) is 0 Å². The number of likely N-dealkylation sites (N-methyl/N-ethyl adjacent to an activating group) is 1. The maximum Gasteiger partial charge on any atom is 0.253 e. The predicted molar refractivity (Wildman–Crippen MR) is 125 cm³/mol. The Morgan fingerprint density at radius 3 is 2.19 bits per heavy atom. The Balaban J connectivity index is 0.00000259. The molecule has 1 saturated carbocycles. The Hall–Kier alpha value is -2.44. The number of carbonyl (C=O) groups is 2. The molecule has 1 aliphatic carbocycles. The van der Waals surface area contributed by atoms with E-state index in [1.54, 1.807) is 6.92 Å². The molecule has 2 aliphatic heterocycles. The Morgan fingerprint density at radius 1 is 0.906 bits per heavy atom. The molecular weight excluding hydrogens is 402 g/mol. The van der Waals surface area contributed by atoms with Gasteiger partial charge in [0, 0.05) is 45.8 Å². The monoisotopic (exact) mass is 437 g/mol. The number of piperidine rings is 1. The van der Waals surface area contributed by atoms with E-state index in [2.05, 4.69) is 22.6 Å². The second-order valence-corrected chi connectivity index (χ2v) is 9.87. The summed E-state index contributed by atoms with van der Waals surface area (Å²) in [7, 11) is 2.16. The molecule has 0 radical (unpaired) electrons. The zero-order valence-corrected chi connectivity index (χ0v) is 19.1. The molecule has 6 nitrogen and oxygen atoms in total. The Bertz CT molecular complexity index is 1030. The third kappa shape index (κ3) is 3.32. The molecule has 0 atom stereocenters. The fourth-order valence-corrected chi connectivity index (χ4v) is 6.15. The molecule has 1 aromatic carbocycles. The summed E-state index contributed by atoms with van der Waals surface area (Å²) in [5.41, 5.74) is 2.75. The van der Waals surface area contributed by atoms with E-state index in [9.17, 15) is 14.7 Å². The lowest BCUT2D eigenvalue weighted by Crippen LogP contribution is -2.56. The first-order chi connectivity index (χ1) is 15.3. The van der Waals surface area contributed by atoms with Crippen molar-refractivity contribution in [1.29, 1.82) is 0 Å². The molecule has 2 fully saturated rings. The van der Waals surface area contributed by atoms with Gasteiger partial charge >= 0.3 is 0 Å². The van der Waals surface area contributed by atoms with E-state index in [1.807, 2.05) is 35.2 Å². The molecule has 1 spiro atoms. The number of benzene rings is 1. The summed E-state index contributed by atoms with van der Waals surface area (Å²) in [6, 6.07) is 11.7.